The van der Waals surface area contributed by atoms with Crippen molar-refractivity contribution in [3.05, 3.63) is 51.5 Å². The molecule has 0 amide bonds. The van der Waals surface area contributed by atoms with Crippen molar-refractivity contribution < 1.29 is 27.9 Å². The Morgan fingerprint density at radius 1 is 1.11 bits per heavy atom. The highest BCUT2D eigenvalue weighted by molar-refractivity contribution is 7.92. The summed E-state index contributed by atoms with van der Waals surface area (Å²) >= 11 is 1.25. The number of Topliss-reactive ketones (excluding diaryl/α,β-unsaturated/α-hetero) is 2. The highest BCUT2D eigenvalue weighted by atomic mass is 32.2. The van der Waals surface area contributed by atoms with Gasteiger partial charge in [0, 0.05) is 23.8 Å². The molecule has 0 unspecified atom stereocenters. The fourth-order valence-corrected chi connectivity index (χ4v) is 7.44. The van der Waals surface area contributed by atoms with Crippen LogP contribution in [0.3, 0.4) is 0 Å². The Morgan fingerprint density at radius 3 is 2.51 bits per heavy atom. The average Bonchev–Trinajstić information content (AvgIpc) is 3.73. The van der Waals surface area contributed by atoms with Crippen LogP contribution in [0.2, 0.25) is 0 Å². The predicted octanol–water partition coefficient (Wildman–Crippen LogP) is 4.15. The lowest BCUT2D eigenvalue weighted by Crippen LogP contribution is -2.12. The zero-order valence-corrected chi connectivity index (χ0v) is 20.9. The minimum Gasteiger partial charge on any atom is -0.481 e. The molecule has 0 saturated heterocycles. The number of allylic oxidation sites excluding steroid dienone is 2. The van der Waals surface area contributed by atoms with Crippen molar-refractivity contribution in [3.63, 3.8) is 0 Å². The summed E-state index contributed by atoms with van der Waals surface area (Å²) in [6, 6.07) is 5.25. The zero-order chi connectivity index (χ0) is 24.7. The summed E-state index contributed by atoms with van der Waals surface area (Å²) in [5, 5.41) is 10.9. The second kappa shape index (κ2) is 9.43. The number of aromatic nitrogens is 1. The average molecular weight is 514 g/mol. The Balaban J connectivity index is 1.48. The molecule has 0 radical (unpaired) electrons. The van der Waals surface area contributed by atoms with Gasteiger partial charge in [0.2, 0.25) is 0 Å². The number of sulfone groups is 1. The maximum Gasteiger partial charge on any atom is 0.309 e. The largest absolute Gasteiger partial charge is 0.481 e. The van der Waals surface area contributed by atoms with Crippen molar-refractivity contribution in [2.45, 2.75) is 73.9 Å². The van der Waals surface area contributed by atoms with Crippen molar-refractivity contribution in [1.82, 2.24) is 4.98 Å². The number of hydrogen-bond donors (Lipinski definition) is 1. The van der Waals surface area contributed by atoms with E-state index in [1.165, 1.54) is 11.3 Å². The molecule has 9 heteroatoms. The van der Waals surface area contributed by atoms with Crippen LogP contribution in [0, 0.1) is 5.92 Å². The maximum atomic E-state index is 13.5. The van der Waals surface area contributed by atoms with Crippen LogP contribution in [-0.2, 0) is 37.1 Å². The topological polar surface area (TPSA) is 118 Å². The van der Waals surface area contributed by atoms with Crippen molar-refractivity contribution >= 4 is 44.3 Å². The van der Waals surface area contributed by atoms with E-state index in [0.29, 0.717) is 58.8 Å². The van der Waals surface area contributed by atoms with Gasteiger partial charge in [-0.1, -0.05) is 12.1 Å². The molecule has 1 heterocycles. The van der Waals surface area contributed by atoms with E-state index in [0.717, 1.165) is 18.4 Å². The molecule has 5 rings (SSSR count). The SMILES string of the molecule is O=C(O)Cc1csc(CC(=O)/C(=C/[C@H]2CCC(=O)C2)c2ccc(S(=O)(=O)C3CC3)c(C3CC3)c2)n1. The molecule has 1 aromatic heterocycles. The number of carbonyl (C=O) groups excluding carboxylic acids is 2. The van der Waals surface area contributed by atoms with E-state index >= 15 is 0 Å². The third-order valence-corrected chi connectivity index (χ3v) is 10.1. The number of nitrogens with zero attached hydrogens (tertiary/aromatic N) is 1. The normalized spacial score (nSPS) is 20.9. The van der Waals surface area contributed by atoms with Gasteiger partial charge in [-0.15, -0.1) is 11.3 Å². The molecule has 7 nitrogen and oxygen atoms in total. The maximum absolute atomic E-state index is 13.5. The number of aliphatic carboxylic acids is 1. The summed E-state index contributed by atoms with van der Waals surface area (Å²) < 4.78 is 26.1. The molecule has 0 spiro atoms. The van der Waals surface area contributed by atoms with Gasteiger partial charge in [-0.25, -0.2) is 13.4 Å². The highest BCUT2D eigenvalue weighted by Gasteiger charge is 2.40. The first-order valence-electron chi connectivity index (χ1n) is 12.0. The molecule has 3 fully saturated rings. The first-order chi connectivity index (χ1) is 16.7. The van der Waals surface area contributed by atoms with Crippen molar-refractivity contribution in [2.24, 2.45) is 5.92 Å². The number of hydrogen-bond acceptors (Lipinski definition) is 7. The van der Waals surface area contributed by atoms with Crippen LogP contribution in [0.4, 0.5) is 0 Å². The van der Waals surface area contributed by atoms with Crippen LogP contribution in [-0.4, -0.2) is 41.3 Å². The van der Waals surface area contributed by atoms with Gasteiger partial charge in [-0.3, -0.25) is 14.4 Å². The van der Waals surface area contributed by atoms with Gasteiger partial charge in [0.1, 0.15) is 10.8 Å². The number of carbonyl (C=O) groups is 3. The van der Waals surface area contributed by atoms with Gasteiger partial charge in [-0.05, 0) is 67.2 Å². The minimum absolute atomic E-state index is 0.0255. The van der Waals surface area contributed by atoms with Crippen molar-refractivity contribution in [2.75, 3.05) is 0 Å². The fourth-order valence-electron chi connectivity index (χ4n) is 4.72. The standard InChI is InChI=1S/C26H27NO6S2/c28-19-5-1-15(9-19)10-21(23(29)13-25-27-18(14-34-25)12-26(30)31)17-4-8-24(22(11-17)16-2-3-16)35(32,33)20-6-7-20/h4,8,10-11,14-16,20H,1-3,5-7,9,12-13H2,(H,30,31)/b21-10+/t15-/m0/s1. The molecular formula is C26H27NO6S2. The van der Waals surface area contributed by atoms with Gasteiger partial charge in [0.15, 0.2) is 15.6 Å². The Bertz CT molecular complexity index is 1330. The Morgan fingerprint density at radius 2 is 1.89 bits per heavy atom. The summed E-state index contributed by atoms with van der Waals surface area (Å²) in [5.74, 6) is -0.797. The van der Waals surface area contributed by atoms with E-state index in [4.69, 9.17) is 5.11 Å². The molecule has 1 atom stereocenters. The Kier molecular flexibility index (Phi) is 6.48. The van der Waals surface area contributed by atoms with Crippen LogP contribution in [0.5, 0.6) is 0 Å². The van der Waals surface area contributed by atoms with E-state index in [1.807, 2.05) is 12.1 Å². The fraction of sp³-hybridized carbons (Fsp3) is 0.462. The molecule has 0 aliphatic heterocycles. The monoisotopic (exact) mass is 513 g/mol. The number of thiazole rings is 1. The number of ketones is 2. The summed E-state index contributed by atoms with van der Waals surface area (Å²) in [6.45, 7) is 0. The van der Waals surface area contributed by atoms with E-state index in [2.05, 4.69) is 4.98 Å². The second-order valence-electron chi connectivity index (χ2n) is 9.80. The van der Waals surface area contributed by atoms with Gasteiger partial charge < -0.3 is 5.11 Å². The van der Waals surface area contributed by atoms with E-state index in [-0.39, 0.29) is 41.5 Å². The van der Waals surface area contributed by atoms with Crippen molar-refractivity contribution in [1.29, 1.82) is 0 Å². The lowest BCUT2D eigenvalue weighted by Gasteiger charge is -2.15. The van der Waals surface area contributed by atoms with Crippen LogP contribution in [0.15, 0.2) is 34.6 Å². The molecule has 1 aromatic carbocycles. The second-order valence-corrected chi connectivity index (χ2v) is 12.9. The van der Waals surface area contributed by atoms with Gasteiger partial charge in [0.05, 0.1) is 28.7 Å². The quantitative estimate of drug-likeness (QED) is 0.474. The van der Waals surface area contributed by atoms with E-state index < -0.39 is 15.8 Å². The third kappa shape index (κ3) is 5.46. The summed E-state index contributed by atoms with van der Waals surface area (Å²) in [5.41, 5.74) is 2.38. The number of carboxylic acids is 1. The molecule has 2 aromatic rings. The van der Waals surface area contributed by atoms with Crippen LogP contribution >= 0.6 is 11.3 Å². The minimum atomic E-state index is -3.35. The molecule has 3 aliphatic carbocycles. The van der Waals surface area contributed by atoms with Gasteiger partial charge in [-0.2, -0.15) is 0 Å². The van der Waals surface area contributed by atoms with E-state index in [1.54, 1.807) is 17.5 Å². The molecule has 184 valence electrons. The summed E-state index contributed by atoms with van der Waals surface area (Å²) in [4.78, 5) is 41.0. The van der Waals surface area contributed by atoms with Crippen LogP contribution in [0.1, 0.15) is 72.7 Å². The molecule has 1 N–H and O–H groups in total. The summed E-state index contributed by atoms with van der Waals surface area (Å²) in [6.07, 6.45) is 6.57. The number of rotatable bonds is 10. The molecule has 3 aliphatic rings. The van der Waals surface area contributed by atoms with Crippen molar-refractivity contribution in [3.8, 4) is 0 Å². The Labute approximate surface area is 208 Å². The number of carboxylic acid groups (broad SMARTS) is 1. The smallest absolute Gasteiger partial charge is 0.309 e. The first-order valence-corrected chi connectivity index (χ1v) is 14.4. The zero-order valence-electron chi connectivity index (χ0n) is 19.2. The summed E-state index contributed by atoms with van der Waals surface area (Å²) in [7, 11) is -3.35. The van der Waals surface area contributed by atoms with Crippen LogP contribution < -0.4 is 0 Å². The predicted molar refractivity (Wildman–Crippen MR) is 131 cm³/mol. The molecule has 0 bridgehead atoms. The molecule has 3 saturated carbocycles. The first kappa shape index (κ1) is 24.1. The third-order valence-electron chi connectivity index (χ3n) is 6.84. The number of benzene rings is 1. The molecule has 35 heavy (non-hydrogen) atoms. The lowest BCUT2D eigenvalue weighted by atomic mass is 9.92. The molecular weight excluding hydrogens is 486 g/mol. The highest BCUT2D eigenvalue weighted by Crippen LogP contribution is 2.46. The Hall–Kier alpha value is -2.65. The van der Waals surface area contributed by atoms with Crippen LogP contribution in [0.25, 0.3) is 5.57 Å². The van der Waals surface area contributed by atoms with Gasteiger partial charge in [0.25, 0.3) is 0 Å². The van der Waals surface area contributed by atoms with E-state index in [9.17, 15) is 22.8 Å². The lowest BCUT2D eigenvalue weighted by molar-refractivity contribution is -0.136. The van der Waals surface area contributed by atoms with Gasteiger partial charge >= 0.3 is 5.97 Å².